The molecule has 0 radical (unpaired) electrons. The van der Waals surface area contributed by atoms with Crippen molar-refractivity contribution in [2.45, 2.75) is 53.9 Å². The zero-order chi connectivity index (χ0) is 25.1. The number of hydrogen-bond acceptors (Lipinski definition) is 7. The Bertz CT molecular complexity index is 636. The number of amides is 2. The Labute approximate surface area is 207 Å². The van der Waals surface area contributed by atoms with E-state index in [9.17, 15) is 14.4 Å². The predicted molar refractivity (Wildman–Crippen MR) is 137 cm³/mol. The van der Waals surface area contributed by atoms with Crippen LogP contribution < -0.4 is 0 Å². The Balaban J connectivity index is 1.86. The fourth-order valence-corrected chi connectivity index (χ4v) is 4.91. The Morgan fingerprint density at radius 1 is 0.794 bits per heavy atom. The molecule has 2 fully saturated rings. The Morgan fingerprint density at radius 2 is 1.24 bits per heavy atom. The fraction of sp³-hybridized carbons (Fsp3) is 0.885. The number of Topliss-reactive ketones (excluding diaryl/α,β-unsaturated/α-hetero) is 1. The van der Waals surface area contributed by atoms with Crippen LogP contribution in [-0.4, -0.2) is 127 Å². The van der Waals surface area contributed by atoms with Gasteiger partial charge in [0.2, 0.25) is 11.8 Å². The molecule has 0 saturated carbocycles. The van der Waals surface area contributed by atoms with Gasteiger partial charge in [-0.2, -0.15) is 0 Å². The van der Waals surface area contributed by atoms with Crippen LogP contribution in [-0.2, 0) is 14.4 Å². The van der Waals surface area contributed by atoms with Gasteiger partial charge in [-0.1, -0.05) is 34.6 Å². The van der Waals surface area contributed by atoms with Crippen molar-refractivity contribution in [1.29, 1.82) is 0 Å². The molecular weight excluding hydrogens is 430 g/mol. The topological polar surface area (TPSA) is 67.4 Å². The van der Waals surface area contributed by atoms with Crippen LogP contribution in [0.1, 0.15) is 53.9 Å². The smallest absolute Gasteiger partial charge is 0.233 e. The van der Waals surface area contributed by atoms with Crippen molar-refractivity contribution in [2.75, 3.05) is 85.1 Å². The van der Waals surface area contributed by atoms with Gasteiger partial charge in [-0.05, 0) is 32.0 Å². The Hall–Kier alpha value is -1.35. The minimum absolute atomic E-state index is 0.0588. The van der Waals surface area contributed by atoms with Crippen molar-refractivity contribution in [3.8, 4) is 0 Å². The van der Waals surface area contributed by atoms with Gasteiger partial charge in [0, 0.05) is 77.7 Å². The zero-order valence-electron chi connectivity index (χ0n) is 22.4. The van der Waals surface area contributed by atoms with Crippen molar-refractivity contribution in [2.24, 2.45) is 11.8 Å². The van der Waals surface area contributed by atoms with Crippen LogP contribution in [0.2, 0.25) is 0 Å². The first kappa shape index (κ1) is 28.9. The van der Waals surface area contributed by atoms with E-state index >= 15 is 0 Å². The average molecular weight is 480 g/mol. The molecule has 0 spiro atoms. The number of imide groups is 1. The van der Waals surface area contributed by atoms with Gasteiger partial charge in [0.1, 0.15) is 5.78 Å². The van der Waals surface area contributed by atoms with Gasteiger partial charge >= 0.3 is 0 Å². The third kappa shape index (κ3) is 9.02. The third-order valence-corrected chi connectivity index (χ3v) is 7.59. The molecule has 8 heteroatoms. The first-order valence-electron chi connectivity index (χ1n) is 13.5. The molecule has 8 nitrogen and oxygen atoms in total. The third-order valence-electron chi connectivity index (χ3n) is 7.59. The minimum atomic E-state index is -0.196. The molecule has 2 rings (SSSR count). The van der Waals surface area contributed by atoms with Crippen LogP contribution >= 0.6 is 0 Å². The van der Waals surface area contributed by atoms with E-state index in [1.165, 1.54) is 4.90 Å². The molecule has 2 saturated heterocycles. The standard InChI is InChI=1S/C26H49N5O3/c1-6-27-12-14-28(7-2)16-18-30(19-17-29(8-3)15-13-27)21-23(32)10-9-11-31-25(33)20-24(22(4)5)26(31)34/h22,24H,6-21H2,1-5H3. The molecule has 2 amide bonds. The first-order chi connectivity index (χ1) is 16.3. The van der Waals surface area contributed by atoms with Crippen molar-refractivity contribution >= 4 is 17.6 Å². The molecule has 1 unspecified atom stereocenters. The SMILES string of the molecule is CCN1CCN(CC)CCN(CC(=O)CCCN2C(=O)CC(C(C)C)C2=O)CCN(CC)CC1. The molecule has 0 aromatic rings. The highest BCUT2D eigenvalue weighted by molar-refractivity contribution is 6.03. The second kappa shape index (κ2) is 14.9. The van der Waals surface area contributed by atoms with Gasteiger partial charge in [-0.3, -0.25) is 24.2 Å². The van der Waals surface area contributed by atoms with E-state index in [-0.39, 0.29) is 29.4 Å². The molecule has 0 N–H and O–H groups in total. The number of likely N-dealkylation sites (tertiary alicyclic amines) is 1. The lowest BCUT2D eigenvalue weighted by Crippen LogP contribution is -2.46. The van der Waals surface area contributed by atoms with Gasteiger partial charge in [-0.15, -0.1) is 0 Å². The molecule has 0 aromatic carbocycles. The van der Waals surface area contributed by atoms with E-state index in [2.05, 4.69) is 40.4 Å². The molecule has 0 aliphatic carbocycles. The summed E-state index contributed by atoms with van der Waals surface area (Å²) in [6, 6.07) is 0. The number of rotatable bonds is 10. The first-order valence-corrected chi connectivity index (χ1v) is 13.5. The highest BCUT2D eigenvalue weighted by Gasteiger charge is 2.39. The summed E-state index contributed by atoms with van der Waals surface area (Å²) in [4.78, 5) is 48.7. The van der Waals surface area contributed by atoms with Gasteiger partial charge in [0.05, 0.1) is 6.54 Å². The number of likely N-dealkylation sites (N-methyl/N-ethyl adjacent to an activating group) is 3. The van der Waals surface area contributed by atoms with Crippen LogP contribution in [0.4, 0.5) is 0 Å². The van der Waals surface area contributed by atoms with Crippen LogP contribution in [0, 0.1) is 11.8 Å². The van der Waals surface area contributed by atoms with Crippen LogP contribution in [0.3, 0.4) is 0 Å². The van der Waals surface area contributed by atoms with E-state index in [1.807, 2.05) is 13.8 Å². The molecular formula is C26H49N5O3. The second-order valence-corrected chi connectivity index (χ2v) is 10.2. The van der Waals surface area contributed by atoms with E-state index in [1.54, 1.807) is 0 Å². The van der Waals surface area contributed by atoms with Gasteiger partial charge < -0.3 is 14.7 Å². The highest BCUT2D eigenvalue weighted by Crippen LogP contribution is 2.26. The van der Waals surface area contributed by atoms with Gasteiger partial charge in [0.25, 0.3) is 0 Å². The lowest BCUT2D eigenvalue weighted by Gasteiger charge is -2.33. The predicted octanol–water partition coefficient (Wildman–Crippen LogP) is 1.65. The van der Waals surface area contributed by atoms with E-state index in [4.69, 9.17) is 0 Å². The number of carbonyl (C=O) groups is 3. The molecule has 1 atom stereocenters. The average Bonchev–Trinajstić information content (AvgIpc) is 3.09. The van der Waals surface area contributed by atoms with Crippen molar-refractivity contribution in [3.63, 3.8) is 0 Å². The highest BCUT2D eigenvalue weighted by atomic mass is 16.2. The summed E-state index contributed by atoms with van der Waals surface area (Å²) in [5.74, 6) is 0.0388. The number of hydrogen-bond donors (Lipinski definition) is 0. The summed E-state index contributed by atoms with van der Waals surface area (Å²) in [5, 5.41) is 0. The van der Waals surface area contributed by atoms with E-state index < -0.39 is 0 Å². The molecule has 0 bridgehead atoms. The maximum atomic E-state index is 12.8. The normalized spacial score (nSPS) is 23.5. The summed E-state index contributed by atoms with van der Waals surface area (Å²) < 4.78 is 0. The monoisotopic (exact) mass is 479 g/mol. The molecule has 196 valence electrons. The summed E-state index contributed by atoms with van der Waals surface area (Å²) in [6.07, 6.45) is 1.29. The molecule has 2 aliphatic rings. The summed E-state index contributed by atoms with van der Waals surface area (Å²) in [6.45, 7) is 22.6. The fourth-order valence-electron chi connectivity index (χ4n) is 4.91. The lowest BCUT2D eigenvalue weighted by atomic mass is 9.94. The largest absolute Gasteiger partial charge is 0.301 e. The number of nitrogens with zero attached hydrogens (tertiary/aromatic N) is 5. The molecule has 0 aromatic heterocycles. The number of carbonyl (C=O) groups excluding carboxylic acids is 3. The summed E-state index contributed by atoms with van der Waals surface area (Å²) >= 11 is 0. The Kier molecular flexibility index (Phi) is 12.7. The molecule has 2 heterocycles. The van der Waals surface area contributed by atoms with Crippen LogP contribution in [0.15, 0.2) is 0 Å². The zero-order valence-corrected chi connectivity index (χ0v) is 22.4. The van der Waals surface area contributed by atoms with Crippen molar-refractivity contribution in [1.82, 2.24) is 24.5 Å². The minimum Gasteiger partial charge on any atom is -0.301 e. The van der Waals surface area contributed by atoms with E-state index in [0.29, 0.717) is 32.4 Å². The van der Waals surface area contributed by atoms with Crippen LogP contribution in [0.5, 0.6) is 0 Å². The molecule has 34 heavy (non-hydrogen) atoms. The maximum Gasteiger partial charge on any atom is 0.233 e. The van der Waals surface area contributed by atoms with Gasteiger partial charge in [-0.25, -0.2) is 0 Å². The quantitative estimate of drug-likeness (QED) is 0.441. The Morgan fingerprint density at radius 3 is 1.62 bits per heavy atom. The van der Waals surface area contributed by atoms with Gasteiger partial charge in [0.15, 0.2) is 0 Å². The summed E-state index contributed by atoms with van der Waals surface area (Å²) in [5.41, 5.74) is 0. The second-order valence-electron chi connectivity index (χ2n) is 10.2. The lowest BCUT2D eigenvalue weighted by molar-refractivity contribution is -0.140. The van der Waals surface area contributed by atoms with Crippen molar-refractivity contribution < 1.29 is 14.4 Å². The van der Waals surface area contributed by atoms with Crippen LogP contribution in [0.25, 0.3) is 0 Å². The maximum absolute atomic E-state index is 12.8. The number of ketones is 1. The van der Waals surface area contributed by atoms with Crippen molar-refractivity contribution in [3.05, 3.63) is 0 Å². The van der Waals surface area contributed by atoms with E-state index in [0.717, 1.165) is 72.0 Å². The molecule has 2 aliphatic heterocycles. The summed E-state index contributed by atoms with van der Waals surface area (Å²) in [7, 11) is 0.